The predicted octanol–water partition coefficient (Wildman–Crippen LogP) is 2.95. The summed E-state index contributed by atoms with van der Waals surface area (Å²) in [6.07, 6.45) is 6.79. The minimum absolute atomic E-state index is 0.0689. The fourth-order valence-electron chi connectivity index (χ4n) is 4.83. The second kappa shape index (κ2) is 9.26. The van der Waals surface area contributed by atoms with Gasteiger partial charge >= 0.3 is 0 Å². The number of amides is 1. The number of carbonyl (C=O) groups excluding carboxylic acids is 1. The summed E-state index contributed by atoms with van der Waals surface area (Å²) >= 11 is 0. The first-order valence-corrected chi connectivity index (χ1v) is 12.1. The number of fused-ring (bicyclic) bond motifs is 1. The molecular weight excluding hydrogens is 468 g/mol. The van der Waals surface area contributed by atoms with Gasteiger partial charge in [-0.1, -0.05) is 6.07 Å². The van der Waals surface area contributed by atoms with Crippen LogP contribution in [0.2, 0.25) is 0 Å². The highest BCUT2D eigenvalue weighted by molar-refractivity contribution is 6.01. The maximum Gasteiger partial charge on any atom is 0.254 e. The monoisotopic (exact) mass is 496 g/mol. The fourth-order valence-corrected chi connectivity index (χ4v) is 4.83. The average molecular weight is 497 g/mol. The van der Waals surface area contributed by atoms with E-state index < -0.39 is 5.60 Å². The van der Waals surface area contributed by atoms with E-state index >= 15 is 0 Å². The first-order chi connectivity index (χ1) is 17.7. The Morgan fingerprint density at radius 1 is 1.08 bits per heavy atom. The molecule has 5 rings (SSSR count). The van der Waals surface area contributed by atoms with Crippen molar-refractivity contribution in [1.29, 1.82) is 5.26 Å². The van der Waals surface area contributed by atoms with Crippen molar-refractivity contribution in [2.24, 2.45) is 0 Å². The van der Waals surface area contributed by atoms with Gasteiger partial charge in [0.15, 0.2) is 5.65 Å². The first-order valence-electron chi connectivity index (χ1n) is 12.1. The summed E-state index contributed by atoms with van der Waals surface area (Å²) in [7, 11) is 0. The number of hydrogen-bond acceptors (Lipinski definition) is 8. The van der Waals surface area contributed by atoms with E-state index in [1.807, 2.05) is 42.8 Å². The van der Waals surface area contributed by atoms with E-state index in [4.69, 9.17) is 4.98 Å². The average Bonchev–Trinajstić information content (AvgIpc) is 3.29. The number of carbonyl (C=O) groups is 1. The zero-order valence-corrected chi connectivity index (χ0v) is 21.2. The van der Waals surface area contributed by atoms with Crippen molar-refractivity contribution in [2.75, 3.05) is 18.0 Å². The van der Waals surface area contributed by atoms with Gasteiger partial charge in [-0.15, -0.1) is 0 Å². The lowest BCUT2D eigenvalue weighted by molar-refractivity contribution is -0.151. The quantitative estimate of drug-likeness (QED) is 0.457. The van der Waals surface area contributed by atoms with Crippen LogP contribution in [0.4, 0.5) is 5.82 Å². The van der Waals surface area contributed by atoms with Gasteiger partial charge in [0.05, 0.1) is 22.7 Å². The smallest absolute Gasteiger partial charge is 0.254 e. The van der Waals surface area contributed by atoms with Gasteiger partial charge in [-0.2, -0.15) is 5.26 Å². The van der Waals surface area contributed by atoms with E-state index in [-0.39, 0.29) is 18.0 Å². The molecule has 0 aromatic carbocycles. The van der Waals surface area contributed by atoms with Crippen LogP contribution in [0.3, 0.4) is 0 Å². The molecule has 1 N–H and O–H groups in total. The van der Waals surface area contributed by atoms with Crippen molar-refractivity contribution in [3.63, 3.8) is 0 Å². The molecule has 1 aliphatic heterocycles. The molecule has 1 aliphatic rings. The molecule has 1 saturated heterocycles. The van der Waals surface area contributed by atoms with E-state index in [9.17, 15) is 15.2 Å². The van der Waals surface area contributed by atoms with Crippen molar-refractivity contribution >= 4 is 22.8 Å². The second-order valence-electron chi connectivity index (χ2n) is 9.91. The van der Waals surface area contributed by atoms with E-state index in [0.717, 1.165) is 22.5 Å². The van der Waals surface area contributed by atoms with Crippen LogP contribution in [-0.4, -0.2) is 71.2 Å². The van der Waals surface area contributed by atoms with Gasteiger partial charge in [-0.25, -0.2) is 15.0 Å². The molecule has 0 bridgehead atoms. The molecule has 188 valence electrons. The summed E-state index contributed by atoms with van der Waals surface area (Å²) in [6, 6.07) is 11.0. The van der Waals surface area contributed by atoms with Crippen LogP contribution in [0.5, 0.6) is 0 Å². The third-order valence-electron chi connectivity index (χ3n) is 6.67. The SMILES string of the molecule is C[C@@H]1CN(c2ncnc3c2c(-c2ccccn2)cn3-c2cc(C#N)ccn2)[C@@H](C)CN1C(=O)C(C)(C)O. The Kier molecular flexibility index (Phi) is 6.09. The minimum Gasteiger partial charge on any atom is -0.381 e. The number of anilines is 1. The molecule has 0 aliphatic carbocycles. The van der Waals surface area contributed by atoms with Gasteiger partial charge in [0.2, 0.25) is 0 Å². The topological polar surface area (TPSA) is 124 Å². The summed E-state index contributed by atoms with van der Waals surface area (Å²) in [4.78, 5) is 35.2. The molecule has 1 fully saturated rings. The molecular formula is C27H28N8O2. The van der Waals surface area contributed by atoms with Gasteiger partial charge in [-0.05, 0) is 52.0 Å². The van der Waals surface area contributed by atoms with Crippen molar-refractivity contribution < 1.29 is 9.90 Å². The van der Waals surface area contributed by atoms with Gasteiger partial charge in [0, 0.05) is 49.3 Å². The van der Waals surface area contributed by atoms with Crippen molar-refractivity contribution in [3.8, 4) is 23.1 Å². The largest absolute Gasteiger partial charge is 0.381 e. The number of nitrogens with zero attached hydrogens (tertiary/aromatic N) is 8. The third-order valence-corrected chi connectivity index (χ3v) is 6.67. The Morgan fingerprint density at radius 2 is 1.89 bits per heavy atom. The Hall–Kier alpha value is -4.36. The van der Waals surface area contributed by atoms with Gasteiger partial charge in [0.1, 0.15) is 23.6 Å². The maximum absolute atomic E-state index is 12.9. The van der Waals surface area contributed by atoms with Crippen LogP contribution in [-0.2, 0) is 4.79 Å². The standard InChI is InChI=1S/C27H28N8O2/c1-17-14-34(26(36)27(3,4)37)18(2)13-33(17)24-23-20(21-7-5-6-9-29-21)15-35(25(23)32-16-31-24)22-11-19(12-28)8-10-30-22/h5-11,15-18,37H,13-14H2,1-4H3/t17-,18+/m0/s1. The second-order valence-corrected chi connectivity index (χ2v) is 9.91. The van der Waals surface area contributed by atoms with E-state index in [1.165, 1.54) is 20.2 Å². The highest BCUT2D eigenvalue weighted by atomic mass is 16.3. The number of aliphatic hydroxyl groups is 1. The lowest BCUT2D eigenvalue weighted by Gasteiger charge is -2.46. The Bertz CT molecular complexity index is 1500. The Morgan fingerprint density at radius 3 is 2.59 bits per heavy atom. The van der Waals surface area contributed by atoms with Crippen LogP contribution >= 0.6 is 0 Å². The Labute approximate surface area is 214 Å². The third kappa shape index (κ3) is 4.38. The maximum atomic E-state index is 12.9. The molecule has 0 spiro atoms. The molecule has 5 heterocycles. The van der Waals surface area contributed by atoms with Crippen molar-refractivity contribution in [1.82, 2.24) is 29.4 Å². The molecule has 0 radical (unpaired) electrons. The van der Waals surface area contributed by atoms with Crippen LogP contribution in [0, 0.1) is 11.3 Å². The van der Waals surface area contributed by atoms with E-state index in [2.05, 4.69) is 25.9 Å². The molecule has 10 heteroatoms. The number of aromatic nitrogens is 5. The molecule has 1 amide bonds. The number of nitriles is 1. The van der Waals surface area contributed by atoms with Gasteiger partial charge in [-0.3, -0.25) is 14.3 Å². The molecule has 10 nitrogen and oxygen atoms in total. The number of rotatable bonds is 4. The zero-order valence-electron chi connectivity index (χ0n) is 21.2. The number of piperazine rings is 1. The fraction of sp³-hybridized carbons (Fsp3) is 0.333. The molecule has 0 unspecified atom stereocenters. The normalized spacial score (nSPS) is 18.2. The molecule has 2 atom stereocenters. The summed E-state index contributed by atoms with van der Waals surface area (Å²) in [5.74, 6) is 1.01. The summed E-state index contributed by atoms with van der Waals surface area (Å²) in [6.45, 7) is 8.03. The number of pyridine rings is 2. The lowest BCUT2D eigenvalue weighted by atomic mass is 10.0. The van der Waals surface area contributed by atoms with E-state index in [1.54, 1.807) is 29.4 Å². The lowest BCUT2D eigenvalue weighted by Crippen LogP contribution is -2.61. The van der Waals surface area contributed by atoms with Crippen molar-refractivity contribution in [2.45, 2.75) is 45.4 Å². The van der Waals surface area contributed by atoms with Gasteiger partial charge < -0.3 is 14.9 Å². The highest BCUT2D eigenvalue weighted by Crippen LogP contribution is 2.37. The van der Waals surface area contributed by atoms with Crippen LogP contribution in [0.1, 0.15) is 33.3 Å². The summed E-state index contributed by atoms with van der Waals surface area (Å²) in [5, 5.41) is 20.5. The van der Waals surface area contributed by atoms with Crippen LogP contribution < -0.4 is 4.90 Å². The molecule has 4 aromatic heterocycles. The Balaban J connectivity index is 1.66. The van der Waals surface area contributed by atoms with Crippen LogP contribution in [0.25, 0.3) is 28.1 Å². The minimum atomic E-state index is -1.44. The highest BCUT2D eigenvalue weighted by Gasteiger charge is 2.39. The van der Waals surface area contributed by atoms with Crippen LogP contribution in [0.15, 0.2) is 55.2 Å². The summed E-state index contributed by atoms with van der Waals surface area (Å²) in [5.41, 5.74) is 1.30. The molecule has 0 saturated carbocycles. The van der Waals surface area contributed by atoms with Crippen molar-refractivity contribution in [3.05, 3.63) is 60.8 Å². The first kappa shape index (κ1) is 24.3. The predicted molar refractivity (Wildman–Crippen MR) is 139 cm³/mol. The molecule has 4 aromatic rings. The molecule has 37 heavy (non-hydrogen) atoms. The van der Waals surface area contributed by atoms with E-state index in [0.29, 0.717) is 30.1 Å². The summed E-state index contributed by atoms with van der Waals surface area (Å²) < 4.78 is 1.85. The van der Waals surface area contributed by atoms with Gasteiger partial charge in [0.25, 0.3) is 5.91 Å². The number of hydrogen-bond donors (Lipinski definition) is 1. The zero-order chi connectivity index (χ0) is 26.3.